The van der Waals surface area contributed by atoms with E-state index in [-0.39, 0.29) is 18.9 Å². The molecule has 1 aromatic carbocycles. The van der Waals surface area contributed by atoms with Crippen LogP contribution < -0.4 is 10.1 Å². The molecule has 108 valence electrons. The standard InChI is InChI=1S/C12H16F3NO3/c1-18-10-2-3-11(17)9(6-10)7-16-4-5-19-8-12(13,14)15/h2-3,6,16-17H,4-5,7-8H2,1H3. The molecule has 0 saturated heterocycles. The Morgan fingerprint density at radius 1 is 1.32 bits per heavy atom. The van der Waals surface area contributed by atoms with Gasteiger partial charge < -0.3 is 19.9 Å². The second-order valence-electron chi connectivity index (χ2n) is 3.84. The molecule has 0 radical (unpaired) electrons. The molecule has 0 saturated carbocycles. The zero-order valence-corrected chi connectivity index (χ0v) is 10.5. The van der Waals surface area contributed by atoms with Crippen molar-refractivity contribution in [1.29, 1.82) is 0 Å². The van der Waals surface area contributed by atoms with E-state index in [1.165, 1.54) is 13.2 Å². The molecule has 0 aromatic heterocycles. The van der Waals surface area contributed by atoms with Gasteiger partial charge in [-0.05, 0) is 18.2 Å². The number of methoxy groups -OCH3 is 1. The zero-order valence-electron chi connectivity index (χ0n) is 10.5. The lowest BCUT2D eigenvalue weighted by Gasteiger charge is -2.10. The lowest BCUT2D eigenvalue weighted by atomic mass is 10.2. The number of nitrogens with one attached hydrogen (secondary N) is 1. The molecule has 1 aromatic rings. The number of ether oxygens (including phenoxy) is 2. The summed E-state index contributed by atoms with van der Waals surface area (Å²) in [5.74, 6) is 0.701. The van der Waals surface area contributed by atoms with Gasteiger partial charge in [0.25, 0.3) is 0 Å². The predicted octanol–water partition coefficient (Wildman–Crippen LogP) is 2.07. The minimum Gasteiger partial charge on any atom is -0.508 e. The van der Waals surface area contributed by atoms with Gasteiger partial charge in [0.05, 0.1) is 13.7 Å². The molecule has 0 amide bonds. The van der Waals surface area contributed by atoms with Crippen LogP contribution in [0.5, 0.6) is 11.5 Å². The monoisotopic (exact) mass is 279 g/mol. The Morgan fingerprint density at radius 2 is 2.05 bits per heavy atom. The van der Waals surface area contributed by atoms with E-state index in [2.05, 4.69) is 10.1 Å². The summed E-state index contributed by atoms with van der Waals surface area (Å²) >= 11 is 0. The van der Waals surface area contributed by atoms with Crippen LogP contribution in [0.3, 0.4) is 0 Å². The topological polar surface area (TPSA) is 50.7 Å². The van der Waals surface area contributed by atoms with E-state index in [0.717, 1.165) is 0 Å². The Labute approximate surface area is 109 Å². The van der Waals surface area contributed by atoms with Gasteiger partial charge in [-0.15, -0.1) is 0 Å². The highest BCUT2D eigenvalue weighted by Gasteiger charge is 2.27. The summed E-state index contributed by atoms with van der Waals surface area (Å²) in [5.41, 5.74) is 0.607. The maximum atomic E-state index is 11.8. The first kappa shape index (κ1) is 15.6. The average molecular weight is 279 g/mol. The van der Waals surface area contributed by atoms with Crippen molar-refractivity contribution in [3.05, 3.63) is 23.8 Å². The van der Waals surface area contributed by atoms with Gasteiger partial charge in [-0.3, -0.25) is 0 Å². The van der Waals surface area contributed by atoms with Gasteiger partial charge in [0.1, 0.15) is 18.1 Å². The summed E-state index contributed by atoms with van der Waals surface area (Å²) in [6.07, 6.45) is -4.30. The van der Waals surface area contributed by atoms with Gasteiger partial charge in [0.2, 0.25) is 0 Å². The smallest absolute Gasteiger partial charge is 0.411 e. The van der Waals surface area contributed by atoms with E-state index in [1.807, 2.05) is 0 Å². The minimum absolute atomic E-state index is 0.0513. The Morgan fingerprint density at radius 3 is 2.68 bits per heavy atom. The van der Waals surface area contributed by atoms with E-state index in [4.69, 9.17) is 4.74 Å². The molecule has 0 atom stereocenters. The molecule has 1 rings (SSSR count). The van der Waals surface area contributed by atoms with E-state index < -0.39 is 12.8 Å². The van der Waals surface area contributed by atoms with Crippen LogP contribution in [0.1, 0.15) is 5.56 Å². The minimum atomic E-state index is -4.30. The van der Waals surface area contributed by atoms with Crippen molar-refractivity contribution in [1.82, 2.24) is 5.32 Å². The summed E-state index contributed by atoms with van der Waals surface area (Å²) < 4.78 is 44.8. The molecule has 0 aliphatic rings. The predicted molar refractivity (Wildman–Crippen MR) is 63.2 cm³/mol. The van der Waals surface area contributed by atoms with E-state index in [9.17, 15) is 18.3 Å². The van der Waals surface area contributed by atoms with Crippen molar-refractivity contribution < 1.29 is 27.8 Å². The molecule has 7 heteroatoms. The summed E-state index contributed by atoms with van der Waals surface area (Å²) in [4.78, 5) is 0. The molecule has 4 nitrogen and oxygen atoms in total. The van der Waals surface area contributed by atoms with Gasteiger partial charge in [-0.2, -0.15) is 13.2 Å². The fourth-order valence-corrected chi connectivity index (χ4v) is 1.39. The average Bonchev–Trinajstić information content (AvgIpc) is 2.34. The van der Waals surface area contributed by atoms with Crippen molar-refractivity contribution in [2.24, 2.45) is 0 Å². The normalized spacial score (nSPS) is 11.6. The largest absolute Gasteiger partial charge is 0.508 e. The molecule has 0 heterocycles. The maximum absolute atomic E-state index is 11.8. The molecular formula is C12H16F3NO3. The SMILES string of the molecule is COc1ccc(O)c(CNCCOCC(F)(F)F)c1. The Hall–Kier alpha value is -1.47. The number of alkyl halides is 3. The highest BCUT2D eigenvalue weighted by molar-refractivity contribution is 5.39. The third kappa shape index (κ3) is 6.30. The molecule has 0 aliphatic heterocycles. The third-order valence-corrected chi connectivity index (χ3v) is 2.29. The first-order valence-corrected chi connectivity index (χ1v) is 5.63. The fourth-order valence-electron chi connectivity index (χ4n) is 1.39. The van der Waals surface area contributed by atoms with Crippen LogP contribution in [-0.2, 0) is 11.3 Å². The highest BCUT2D eigenvalue weighted by atomic mass is 19.4. The van der Waals surface area contributed by atoms with Crippen LogP contribution in [0.2, 0.25) is 0 Å². The van der Waals surface area contributed by atoms with Crippen molar-refractivity contribution in [3.63, 3.8) is 0 Å². The van der Waals surface area contributed by atoms with Crippen LogP contribution in [0.15, 0.2) is 18.2 Å². The number of hydrogen-bond acceptors (Lipinski definition) is 4. The second kappa shape index (κ2) is 7.20. The van der Waals surface area contributed by atoms with Crippen LogP contribution in [0.4, 0.5) is 13.2 Å². The number of benzene rings is 1. The fraction of sp³-hybridized carbons (Fsp3) is 0.500. The highest BCUT2D eigenvalue weighted by Crippen LogP contribution is 2.22. The van der Waals surface area contributed by atoms with Gasteiger partial charge in [-0.1, -0.05) is 0 Å². The maximum Gasteiger partial charge on any atom is 0.411 e. The van der Waals surface area contributed by atoms with Gasteiger partial charge in [0.15, 0.2) is 0 Å². The lowest BCUT2D eigenvalue weighted by Crippen LogP contribution is -2.23. The van der Waals surface area contributed by atoms with Gasteiger partial charge in [0, 0.05) is 18.7 Å². The van der Waals surface area contributed by atoms with Crippen molar-refractivity contribution in [3.8, 4) is 11.5 Å². The Bertz CT molecular complexity index is 396. The first-order chi connectivity index (χ1) is 8.92. The molecule has 2 N–H and O–H groups in total. The number of phenolic OH excluding ortho intramolecular Hbond substituents is 1. The quantitative estimate of drug-likeness (QED) is 0.750. The summed E-state index contributed by atoms with van der Waals surface area (Å²) in [6.45, 7) is -0.728. The molecule has 0 bridgehead atoms. The first-order valence-electron chi connectivity index (χ1n) is 5.63. The number of hydrogen-bond donors (Lipinski definition) is 2. The Balaban J connectivity index is 2.26. The summed E-state index contributed by atoms with van der Waals surface area (Å²) in [6, 6.07) is 4.76. The molecule has 19 heavy (non-hydrogen) atoms. The number of rotatable bonds is 7. The van der Waals surface area contributed by atoms with Crippen LogP contribution in [-0.4, -0.2) is 38.2 Å². The summed E-state index contributed by atoms with van der Waals surface area (Å²) in [5, 5.41) is 12.4. The van der Waals surface area contributed by atoms with Crippen LogP contribution >= 0.6 is 0 Å². The molecule has 0 fully saturated rings. The molecule has 0 spiro atoms. The number of phenols is 1. The van der Waals surface area contributed by atoms with Gasteiger partial charge >= 0.3 is 6.18 Å². The van der Waals surface area contributed by atoms with E-state index in [1.54, 1.807) is 12.1 Å². The van der Waals surface area contributed by atoms with Crippen molar-refractivity contribution >= 4 is 0 Å². The van der Waals surface area contributed by atoms with Crippen LogP contribution in [0.25, 0.3) is 0 Å². The van der Waals surface area contributed by atoms with E-state index >= 15 is 0 Å². The number of halogens is 3. The van der Waals surface area contributed by atoms with Crippen molar-refractivity contribution in [2.45, 2.75) is 12.7 Å². The molecular weight excluding hydrogens is 263 g/mol. The third-order valence-electron chi connectivity index (χ3n) is 2.29. The second-order valence-corrected chi connectivity index (χ2v) is 3.84. The zero-order chi connectivity index (χ0) is 14.3. The molecule has 0 unspecified atom stereocenters. The van der Waals surface area contributed by atoms with Crippen LogP contribution in [0, 0.1) is 0 Å². The molecule has 0 aliphatic carbocycles. The lowest BCUT2D eigenvalue weighted by molar-refractivity contribution is -0.173. The Kier molecular flexibility index (Phi) is 5.91. The van der Waals surface area contributed by atoms with Gasteiger partial charge in [-0.25, -0.2) is 0 Å². The van der Waals surface area contributed by atoms with Crippen molar-refractivity contribution in [2.75, 3.05) is 26.9 Å². The number of aromatic hydroxyl groups is 1. The van der Waals surface area contributed by atoms with E-state index in [0.29, 0.717) is 17.9 Å². The summed E-state index contributed by atoms with van der Waals surface area (Å²) in [7, 11) is 1.51.